The first kappa shape index (κ1) is 16.7. The average Bonchev–Trinajstić information content (AvgIpc) is 2.61. The van der Waals surface area contributed by atoms with Gasteiger partial charge in [-0.05, 0) is 35.4 Å². The molecule has 5 nitrogen and oxygen atoms in total. The lowest BCUT2D eigenvalue weighted by molar-refractivity contribution is 0.194. The van der Waals surface area contributed by atoms with Crippen LogP contribution in [-0.2, 0) is 13.1 Å². The number of carbonyl (C=O) groups excluding carboxylic acids is 1. The van der Waals surface area contributed by atoms with Crippen LogP contribution in [0, 0.1) is 0 Å². The Morgan fingerprint density at radius 1 is 0.870 bits per heavy atom. The number of amides is 2. The molecule has 0 aromatic heterocycles. The van der Waals surface area contributed by atoms with E-state index in [0.29, 0.717) is 13.1 Å². The van der Waals surface area contributed by atoms with Gasteiger partial charge in [0.15, 0.2) is 0 Å². The van der Waals surface area contributed by atoms with Gasteiger partial charge in [0, 0.05) is 20.1 Å². The Morgan fingerprint density at radius 3 is 1.57 bits per heavy atom. The maximum absolute atomic E-state index is 12.1. The number of nitrogens with zero attached hydrogens (tertiary/aromatic N) is 1. The third-order valence-corrected chi connectivity index (χ3v) is 3.57. The van der Waals surface area contributed by atoms with Crippen molar-refractivity contribution in [1.82, 2.24) is 10.2 Å². The zero-order valence-electron chi connectivity index (χ0n) is 13.7. The number of nitrogens with one attached hydrogen (secondary N) is 1. The summed E-state index contributed by atoms with van der Waals surface area (Å²) in [5.41, 5.74) is 2.09. The number of carbonyl (C=O) groups is 1. The smallest absolute Gasteiger partial charge is 0.317 e. The highest BCUT2D eigenvalue weighted by Crippen LogP contribution is 2.16. The maximum atomic E-state index is 12.1. The molecule has 0 unspecified atom stereocenters. The molecule has 2 aromatic carbocycles. The van der Waals surface area contributed by atoms with E-state index in [1.807, 2.05) is 48.5 Å². The van der Waals surface area contributed by atoms with E-state index in [1.54, 1.807) is 26.2 Å². The fraction of sp³-hybridized carbons (Fsp3) is 0.278. The average molecular weight is 314 g/mol. The first-order chi connectivity index (χ1) is 11.2. The number of urea groups is 1. The Balaban J connectivity index is 2.10. The molecule has 122 valence electrons. The Kier molecular flexibility index (Phi) is 5.86. The van der Waals surface area contributed by atoms with Gasteiger partial charge in [-0.1, -0.05) is 24.3 Å². The summed E-state index contributed by atoms with van der Waals surface area (Å²) in [6.45, 7) is 1.05. The molecule has 0 aliphatic rings. The van der Waals surface area contributed by atoms with Crippen LogP contribution in [0.2, 0.25) is 0 Å². The molecule has 23 heavy (non-hydrogen) atoms. The number of ether oxygens (including phenoxy) is 2. The van der Waals surface area contributed by atoms with Crippen molar-refractivity contribution in [2.24, 2.45) is 0 Å². The van der Waals surface area contributed by atoms with E-state index in [9.17, 15) is 4.79 Å². The van der Waals surface area contributed by atoms with Crippen LogP contribution in [0.1, 0.15) is 11.1 Å². The molecule has 5 heteroatoms. The minimum atomic E-state index is -0.114. The summed E-state index contributed by atoms with van der Waals surface area (Å²) in [5.74, 6) is 1.60. The molecule has 0 radical (unpaired) electrons. The lowest BCUT2D eigenvalue weighted by atomic mass is 10.1. The van der Waals surface area contributed by atoms with Gasteiger partial charge in [-0.15, -0.1) is 0 Å². The summed E-state index contributed by atoms with van der Waals surface area (Å²) in [7, 11) is 4.91. The van der Waals surface area contributed by atoms with Gasteiger partial charge in [0.05, 0.1) is 14.2 Å². The lowest BCUT2D eigenvalue weighted by Gasteiger charge is -2.22. The second-order valence-corrected chi connectivity index (χ2v) is 5.11. The van der Waals surface area contributed by atoms with Gasteiger partial charge in [0.1, 0.15) is 11.5 Å². The Bertz CT molecular complexity index is 574. The molecular weight excluding hydrogens is 292 g/mol. The first-order valence-corrected chi connectivity index (χ1v) is 7.38. The molecule has 0 saturated carbocycles. The molecule has 0 aliphatic heterocycles. The number of hydrogen-bond acceptors (Lipinski definition) is 3. The van der Waals surface area contributed by atoms with Crippen molar-refractivity contribution in [3.8, 4) is 11.5 Å². The van der Waals surface area contributed by atoms with Crippen molar-refractivity contribution >= 4 is 6.03 Å². The summed E-state index contributed by atoms with van der Waals surface area (Å²) < 4.78 is 10.3. The zero-order valence-corrected chi connectivity index (χ0v) is 13.7. The van der Waals surface area contributed by atoms with Crippen molar-refractivity contribution in [3.05, 3.63) is 59.7 Å². The predicted octanol–water partition coefficient (Wildman–Crippen LogP) is 3.05. The highest BCUT2D eigenvalue weighted by atomic mass is 16.5. The van der Waals surface area contributed by atoms with Gasteiger partial charge >= 0.3 is 6.03 Å². The predicted molar refractivity (Wildman–Crippen MR) is 89.7 cm³/mol. The molecule has 2 rings (SSSR count). The molecule has 0 atom stereocenters. The molecule has 0 fully saturated rings. The van der Waals surface area contributed by atoms with Crippen LogP contribution in [0.5, 0.6) is 11.5 Å². The van der Waals surface area contributed by atoms with Gasteiger partial charge < -0.3 is 19.7 Å². The second-order valence-electron chi connectivity index (χ2n) is 5.11. The lowest BCUT2D eigenvalue weighted by Crippen LogP contribution is -2.37. The largest absolute Gasteiger partial charge is 0.497 e. The van der Waals surface area contributed by atoms with Gasteiger partial charge in [-0.2, -0.15) is 0 Å². The summed E-state index contributed by atoms with van der Waals surface area (Å²) in [6, 6.07) is 15.3. The van der Waals surface area contributed by atoms with Crippen LogP contribution >= 0.6 is 0 Å². The summed E-state index contributed by atoms with van der Waals surface area (Å²) in [4.78, 5) is 13.9. The first-order valence-electron chi connectivity index (χ1n) is 7.38. The highest BCUT2D eigenvalue weighted by molar-refractivity contribution is 5.73. The van der Waals surface area contributed by atoms with Crippen LogP contribution in [-0.4, -0.2) is 32.2 Å². The Labute approximate surface area is 136 Å². The van der Waals surface area contributed by atoms with Crippen molar-refractivity contribution in [3.63, 3.8) is 0 Å². The van der Waals surface area contributed by atoms with Crippen molar-refractivity contribution < 1.29 is 14.3 Å². The molecule has 0 heterocycles. The molecule has 1 N–H and O–H groups in total. The van der Waals surface area contributed by atoms with Crippen LogP contribution in [0.25, 0.3) is 0 Å². The normalized spacial score (nSPS) is 10.0. The highest BCUT2D eigenvalue weighted by Gasteiger charge is 2.13. The molecule has 0 spiro atoms. The van der Waals surface area contributed by atoms with Crippen molar-refractivity contribution in [2.75, 3.05) is 21.3 Å². The third kappa shape index (κ3) is 4.64. The molecular formula is C18H22N2O3. The number of benzene rings is 2. The minimum absolute atomic E-state index is 0.114. The molecule has 0 aliphatic carbocycles. The standard InChI is InChI=1S/C18H22N2O3/c1-19-18(21)20(12-14-4-8-16(22-2)9-5-14)13-15-6-10-17(23-3)11-7-15/h4-11H,12-13H2,1-3H3,(H,19,21). The summed E-state index contributed by atoms with van der Waals surface area (Å²) in [5, 5.41) is 2.69. The number of rotatable bonds is 6. The maximum Gasteiger partial charge on any atom is 0.317 e. The van der Waals surface area contributed by atoms with E-state index in [4.69, 9.17) is 9.47 Å². The molecule has 0 bridgehead atoms. The summed E-state index contributed by atoms with van der Waals surface area (Å²) >= 11 is 0. The van der Waals surface area contributed by atoms with Gasteiger partial charge in [0.25, 0.3) is 0 Å². The van der Waals surface area contributed by atoms with Gasteiger partial charge in [0.2, 0.25) is 0 Å². The van der Waals surface area contributed by atoms with Crippen LogP contribution < -0.4 is 14.8 Å². The fourth-order valence-corrected chi connectivity index (χ4v) is 2.26. The fourth-order valence-electron chi connectivity index (χ4n) is 2.26. The van der Waals surface area contributed by atoms with E-state index in [1.165, 1.54) is 0 Å². The van der Waals surface area contributed by atoms with Gasteiger partial charge in [-0.25, -0.2) is 4.79 Å². The molecule has 2 aromatic rings. The van der Waals surface area contributed by atoms with Crippen LogP contribution in [0.3, 0.4) is 0 Å². The van der Waals surface area contributed by atoms with E-state index in [2.05, 4.69) is 5.32 Å². The van der Waals surface area contributed by atoms with E-state index >= 15 is 0 Å². The van der Waals surface area contributed by atoms with E-state index in [0.717, 1.165) is 22.6 Å². The second kappa shape index (κ2) is 8.08. The van der Waals surface area contributed by atoms with Crippen LogP contribution in [0.4, 0.5) is 4.79 Å². The molecule has 2 amide bonds. The number of hydrogen-bond donors (Lipinski definition) is 1. The van der Waals surface area contributed by atoms with E-state index in [-0.39, 0.29) is 6.03 Å². The SMILES string of the molecule is CNC(=O)N(Cc1ccc(OC)cc1)Cc1ccc(OC)cc1. The van der Waals surface area contributed by atoms with Crippen molar-refractivity contribution in [2.45, 2.75) is 13.1 Å². The van der Waals surface area contributed by atoms with Gasteiger partial charge in [-0.3, -0.25) is 0 Å². The minimum Gasteiger partial charge on any atom is -0.497 e. The molecule has 0 saturated heterocycles. The topological polar surface area (TPSA) is 50.8 Å². The monoisotopic (exact) mass is 314 g/mol. The van der Waals surface area contributed by atoms with Crippen molar-refractivity contribution in [1.29, 1.82) is 0 Å². The zero-order chi connectivity index (χ0) is 16.7. The Hall–Kier alpha value is -2.69. The summed E-state index contributed by atoms with van der Waals surface area (Å²) in [6.07, 6.45) is 0. The van der Waals surface area contributed by atoms with Crippen LogP contribution in [0.15, 0.2) is 48.5 Å². The van der Waals surface area contributed by atoms with E-state index < -0.39 is 0 Å². The Morgan fingerprint density at radius 2 is 1.26 bits per heavy atom. The third-order valence-electron chi connectivity index (χ3n) is 3.57. The quantitative estimate of drug-likeness (QED) is 0.891. The number of methoxy groups -OCH3 is 2.